The number of nitrogens with zero attached hydrogens (tertiary/aromatic N) is 1. The Kier molecular flexibility index (Phi) is 5.83. The zero-order valence-corrected chi connectivity index (χ0v) is 13.6. The van der Waals surface area contributed by atoms with Gasteiger partial charge in [0, 0.05) is 10.0 Å². The van der Waals surface area contributed by atoms with Crippen molar-refractivity contribution in [1.82, 2.24) is 5.43 Å². The van der Waals surface area contributed by atoms with Gasteiger partial charge in [-0.25, -0.2) is 0 Å². The molecule has 0 saturated carbocycles. The minimum atomic E-state index is 0.0990. The molecule has 8 heteroatoms. The molecule has 3 N–H and O–H groups in total. The molecule has 0 amide bonds. The maximum absolute atomic E-state index is 5.27. The summed E-state index contributed by atoms with van der Waals surface area (Å²) in [5.74, 6) is 1.19. The van der Waals surface area contributed by atoms with Crippen LogP contribution in [-0.2, 0) is 0 Å². The number of nitrogens with one attached hydrogen (secondary N) is 1. The van der Waals surface area contributed by atoms with E-state index in [9.17, 15) is 0 Å². The molecule has 0 aliphatic rings. The van der Waals surface area contributed by atoms with E-state index >= 15 is 0 Å². The van der Waals surface area contributed by atoms with Crippen molar-refractivity contribution in [2.24, 2.45) is 10.8 Å². The zero-order valence-electron chi connectivity index (χ0n) is 9.66. The van der Waals surface area contributed by atoms with Gasteiger partial charge in [-0.15, -0.1) is 0 Å². The smallest absolute Gasteiger partial charge is 0.184 e. The van der Waals surface area contributed by atoms with Crippen LogP contribution in [0.25, 0.3) is 0 Å². The topological polar surface area (TPSA) is 68.9 Å². The first-order valence-electron chi connectivity index (χ1n) is 4.69. The molecular formula is C10H11Br2N3O2S. The molecular weight excluding hydrogens is 386 g/mol. The Bertz CT molecular complexity index is 495. The SMILES string of the molecule is COc1cc(/C=N/NC(N)=S)c(Br)c(Br)c1OC. The van der Waals surface area contributed by atoms with Crippen LogP contribution < -0.4 is 20.6 Å². The molecule has 98 valence electrons. The zero-order chi connectivity index (χ0) is 13.7. The van der Waals surface area contributed by atoms with Crippen LogP contribution in [0.2, 0.25) is 0 Å². The molecule has 1 aromatic rings. The fourth-order valence-corrected chi connectivity index (χ4v) is 2.24. The fourth-order valence-electron chi connectivity index (χ4n) is 1.21. The van der Waals surface area contributed by atoms with Gasteiger partial charge >= 0.3 is 0 Å². The van der Waals surface area contributed by atoms with Crippen molar-refractivity contribution in [3.05, 3.63) is 20.6 Å². The molecule has 0 heterocycles. The number of benzene rings is 1. The first-order chi connectivity index (χ1) is 8.51. The van der Waals surface area contributed by atoms with Gasteiger partial charge in [0.2, 0.25) is 0 Å². The fraction of sp³-hybridized carbons (Fsp3) is 0.200. The Labute approximate surface area is 127 Å². The van der Waals surface area contributed by atoms with Crippen molar-refractivity contribution in [1.29, 1.82) is 0 Å². The molecule has 5 nitrogen and oxygen atoms in total. The number of hydrogen-bond acceptors (Lipinski definition) is 4. The molecule has 0 radical (unpaired) electrons. The Morgan fingerprint density at radius 1 is 1.39 bits per heavy atom. The molecule has 1 aromatic carbocycles. The van der Waals surface area contributed by atoms with Gasteiger partial charge in [0.1, 0.15) is 0 Å². The Morgan fingerprint density at radius 3 is 2.56 bits per heavy atom. The molecule has 0 unspecified atom stereocenters. The molecule has 0 aliphatic heterocycles. The average Bonchev–Trinajstić information content (AvgIpc) is 2.33. The minimum absolute atomic E-state index is 0.0990. The molecule has 18 heavy (non-hydrogen) atoms. The summed E-state index contributed by atoms with van der Waals surface area (Å²) in [5, 5.41) is 3.98. The lowest BCUT2D eigenvalue weighted by Gasteiger charge is -2.12. The number of ether oxygens (including phenoxy) is 2. The van der Waals surface area contributed by atoms with Gasteiger partial charge in [-0.2, -0.15) is 5.10 Å². The van der Waals surface area contributed by atoms with Crippen LogP contribution in [0.5, 0.6) is 11.5 Å². The van der Waals surface area contributed by atoms with Crippen LogP contribution >= 0.6 is 44.1 Å². The lowest BCUT2D eigenvalue weighted by Crippen LogP contribution is -2.24. The van der Waals surface area contributed by atoms with Crippen LogP contribution in [-0.4, -0.2) is 25.5 Å². The van der Waals surface area contributed by atoms with E-state index in [0.717, 1.165) is 14.5 Å². The number of nitrogens with two attached hydrogens (primary N) is 1. The third kappa shape index (κ3) is 3.56. The van der Waals surface area contributed by atoms with Crippen molar-refractivity contribution < 1.29 is 9.47 Å². The van der Waals surface area contributed by atoms with Gasteiger partial charge in [-0.3, -0.25) is 5.43 Å². The lowest BCUT2D eigenvalue weighted by molar-refractivity contribution is 0.353. The normalized spacial score (nSPS) is 10.4. The summed E-state index contributed by atoms with van der Waals surface area (Å²) in [6.07, 6.45) is 1.57. The monoisotopic (exact) mass is 395 g/mol. The van der Waals surface area contributed by atoms with Crippen molar-refractivity contribution in [3.63, 3.8) is 0 Å². The Morgan fingerprint density at radius 2 is 2.06 bits per heavy atom. The molecule has 0 bridgehead atoms. The molecule has 0 aliphatic carbocycles. The van der Waals surface area contributed by atoms with Gasteiger partial charge in [0.25, 0.3) is 0 Å². The molecule has 0 spiro atoms. The highest BCUT2D eigenvalue weighted by Crippen LogP contribution is 2.41. The van der Waals surface area contributed by atoms with E-state index in [1.54, 1.807) is 26.5 Å². The summed E-state index contributed by atoms with van der Waals surface area (Å²) >= 11 is 11.5. The largest absolute Gasteiger partial charge is 0.493 e. The van der Waals surface area contributed by atoms with Gasteiger partial charge in [0.05, 0.1) is 24.9 Å². The Hall–Kier alpha value is -0.860. The highest BCUT2D eigenvalue weighted by Gasteiger charge is 2.15. The van der Waals surface area contributed by atoms with E-state index in [1.807, 2.05) is 0 Å². The van der Waals surface area contributed by atoms with Crippen LogP contribution in [0.4, 0.5) is 0 Å². The van der Waals surface area contributed by atoms with Crippen LogP contribution in [0.15, 0.2) is 20.1 Å². The van der Waals surface area contributed by atoms with E-state index in [4.69, 9.17) is 15.2 Å². The number of hydrogen-bond donors (Lipinski definition) is 2. The second kappa shape index (κ2) is 6.91. The molecule has 0 aromatic heterocycles. The van der Waals surface area contributed by atoms with E-state index in [-0.39, 0.29) is 5.11 Å². The Balaban J connectivity index is 3.17. The standard InChI is InChI=1S/C10H11Br2N3O2S/c1-16-6-3-5(4-14-15-10(13)18)7(11)8(12)9(6)17-2/h3-4H,1-2H3,(H3,13,15,18)/b14-4+. The summed E-state index contributed by atoms with van der Waals surface area (Å²) in [7, 11) is 3.13. The average molecular weight is 397 g/mol. The van der Waals surface area contributed by atoms with Crippen LogP contribution in [0.1, 0.15) is 5.56 Å². The third-order valence-electron chi connectivity index (χ3n) is 1.96. The second-order valence-electron chi connectivity index (χ2n) is 3.06. The van der Waals surface area contributed by atoms with E-state index in [0.29, 0.717) is 11.5 Å². The van der Waals surface area contributed by atoms with Crippen molar-refractivity contribution in [3.8, 4) is 11.5 Å². The van der Waals surface area contributed by atoms with Crippen molar-refractivity contribution in [2.45, 2.75) is 0 Å². The van der Waals surface area contributed by atoms with Crippen LogP contribution in [0.3, 0.4) is 0 Å². The number of thiocarbonyl (C=S) groups is 1. The summed E-state index contributed by atoms with van der Waals surface area (Å²) in [5.41, 5.74) is 8.53. The van der Waals surface area contributed by atoms with E-state index in [2.05, 4.69) is 54.6 Å². The second-order valence-corrected chi connectivity index (χ2v) is 5.09. The first kappa shape index (κ1) is 15.2. The van der Waals surface area contributed by atoms with Crippen molar-refractivity contribution in [2.75, 3.05) is 14.2 Å². The maximum atomic E-state index is 5.27. The highest BCUT2D eigenvalue weighted by atomic mass is 79.9. The quantitative estimate of drug-likeness (QED) is 0.464. The van der Waals surface area contributed by atoms with Crippen LogP contribution in [0, 0.1) is 0 Å². The summed E-state index contributed by atoms with van der Waals surface area (Å²) in [4.78, 5) is 0. The van der Waals surface area contributed by atoms with Gasteiger partial charge in [-0.05, 0) is 50.1 Å². The summed E-state index contributed by atoms with van der Waals surface area (Å²) < 4.78 is 12.0. The predicted octanol–water partition coefficient (Wildman–Crippen LogP) is 2.40. The molecule has 1 rings (SSSR count). The van der Waals surface area contributed by atoms with Crippen molar-refractivity contribution >= 4 is 55.4 Å². The van der Waals surface area contributed by atoms with E-state index < -0.39 is 0 Å². The molecule has 0 saturated heterocycles. The number of halogens is 2. The summed E-state index contributed by atoms with van der Waals surface area (Å²) in [6, 6.07) is 1.78. The lowest BCUT2D eigenvalue weighted by atomic mass is 10.2. The first-order valence-corrected chi connectivity index (χ1v) is 6.69. The van der Waals surface area contributed by atoms with Gasteiger partial charge < -0.3 is 15.2 Å². The number of methoxy groups -OCH3 is 2. The predicted molar refractivity (Wildman–Crippen MR) is 82.5 cm³/mol. The highest BCUT2D eigenvalue weighted by molar-refractivity contribution is 9.13. The molecule has 0 atom stereocenters. The van der Waals surface area contributed by atoms with Gasteiger partial charge in [-0.1, -0.05) is 0 Å². The maximum Gasteiger partial charge on any atom is 0.184 e. The summed E-state index contributed by atoms with van der Waals surface area (Å²) in [6.45, 7) is 0. The number of hydrazone groups is 1. The van der Waals surface area contributed by atoms with E-state index in [1.165, 1.54) is 0 Å². The third-order valence-corrected chi connectivity index (χ3v) is 4.19. The minimum Gasteiger partial charge on any atom is -0.493 e. The van der Waals surface area contributed by atoms with Gasteiger partial charge in [0.15, 0.2) is 16.6 Å². The number of rotatable bonds is 4. The molecule has 0 fully saturated rings.